The minimum Gasteiger partial charge on any atom is -0.355 e. The Labute approximate surface area is 148 Å². The number of para-hydroxylation sites is 1. The standard InChI is InChI=1S/C19H17F3N4/c1-18(2,13-6-8-14(9-7-13)19(20,21)22)11-24-17-25-15-5-3-4-12(10-23)16(15)26-17/h3-9H,11H2,1-2H3,(H2,24,25,26). The van der Waals surface area contributed by atoms with Gasteiger partial charge in [0.1, 0.15) is 11.6 Å². The highest BCUT2D eigenvalue weighted by Gasteiger charge is 2.31. The van der Waals surface area contributed by atoms with E-state index in [9.17, 15) is 13.2 Å². The van der Waals surface area contributed by atoms with Crippen molar-refractivity contribution in [1.82, 2.24) is 9.97 Å². The fourth-order valence-corrected chi connectivity index (χ4v) is 2.72. The summed E-state index contributed by atoms with van der Waals surface area (Å²) in [6.07, 6.45) is -4.34. The van der Waals surface area contributed by atoms with Crippen molar-refractivity contribution in [2.45, 2.75) is 25.4 Å². The van der Waals surface area contributed by atoms with Crippen molar-refractivity contribution in [1.29, 1.82) is 5.26 Å². The fraction of sp³-hybridized carbons (Fsp3) is 0.263. The number of alkyl halides is 3. The summed E-state index contributed by atoms with van der Waals surface area (Å²) in [4.78, 5) is 7.49. The molecule has 0 aliphatic carbocycles. The molecule has 1 aromatic heterocycles. The summed E-state index contributed by atoms with van der Waals surface area (Å²) in [5, 5.41) is 12.3. The van der Waals surface area contributed by atoms with Crippen LogP contribution in [0.3, 0.4) is 0 Å². The second-order valence-corrected chi connectivity index (χ2v) is 6.71. The number of H-pyrrole nitrogens is 1. The molecule has 0 atom stereocenters. The van der Waals surface area contributed by atoms with Crippen LogP contribution in [-0.2, 0) is 11.6 Å². The lowest BCUT2D eigenvalue weighted by molar-refractivity contribution is -0.137. The van der Waals surface area contributed by atoms with Crippen molar-refractivity contribution < 1.29 is 13.2 Å². The van der Waals surface area contributed by atoms with Gasteiger partial charge in [-0.2, -0.15) is 18.4 Å². The van der Waals surface area contributed by atoms with Gasteiger partial charge in [-0.05, 0) is 29.8 Å². The van der Waals surface area contributed by atoms with Crippen molar-refractivity contribution in [2.24, 2.45) is 0 Å². The first-order valence-corrected chi connectivity index (χ1v) is 8.01. The lowest BCUT2D eigenvalue weighted by Crippen LogP contribution is -2.28. The van der Waals surface area contributed by atoms with Crippen LogP contribution in [0, 0.1) is 11.3 Å². The number of hydrogen-bond donors (Lipinski definition) is 2. The Morgan fingerprint density at radius 2 is 1.73 bits per heavy atom. The van der Waals surface area contributed by atoms with Crippen LogP contribution >= 0.6 is 0 Å². The van der Waals surface area contributed by atoms with Gasteiger partial charge in [0.25, 0.3) is 0 Å². The highest BCUT2D eigenvalue weighted by Crippen LogP contribution is 2.31. The molecule has 26 heavy (non-hydrogen) atoms. The molecule has 7 heteroatoms. The zero-order chi connectivity index (χ0) is 18.9. The number of benzene rings is 2. The Morgan fingerprint density at radius 1 is 1.08 bits per heavy atom. The van der Waals surface area contributed by atoms with Crippen LogP contribution in [0.2, 0.25) is 0 Å². The number of fused-ring (bicyclic) bond motifs is 1. The van der Waals surface area contributed by atoms with Crippen LogP contribution in [0.5, 0.6) is 0 Å². The van der Waals surface area contributed by atoms with E-state index in [4.69, 9.17) is 5.26 Å². The summed E-state index contributed by atoms with van der Waals surface area (Å²) < 4.78 is 38.1. The fourth-order valence-electron chi connectivity index (χ4n) is 2.72. The minimum atomic E-state index is -4.34. The Morgan fingerprint density at radius 3 is 2.35 bits per heavy atom. The normalized spacial score (nSPS) is 12.2. The first-order valence-electron chi connectivity index (χ1n) is 8.01. The van der Waals surface area contributed by atoms with Gasteiger partial charge >= 0.3 is 6.18 Å². The molecule has 0 spiro atoms. The van der Waals surface area contributed by atoms with Gasteiger partial charge < -0.3 is 10.3 Å². The number of imidazole rings is 1. The zero-order valence-electron chi connectivity index (χ0n) is 14.3. The van der Waals surface area contributed by atoms with E-state index in [1.54, 1.807) is 12.1 Å². The van der Waals surface area contributed by atoms with E-state index in [-0.39, 0.29) is 0 Å². The molecule has 0 amide bonds. The maximum Gasteiger partial charge on any atom is 0.416 e. The minimum absolute atomic E-state index is 0.416. The number of hydrogen-bond acceptors (Lipinski definition) is 3. The van der Waals surface area contributed by atoms with Gasteiger partial charge in [-0.3, -0.25) is 0 Å². The Kier molecular flexibility index (Phi) is 4.36. The number of nitrogens with zero attached hydrogens (tertiary/aromatic N) is 2. The molecule has 0 fully saturated rings. The molecule has 4 nitrogen and oxygen atoms in total. The predicted octanol–water partition coefficient (Wildman–Crippen LogP) is 4.84. The third-order valence-corrected chi connectivity index (χ3v) is 4.32. The van der Waals surface area contributed by atoms with E-state index in [2.05, 4.69) is 21.4 Å². The van der Waals surface area contributed by atoms with Gasteiger partial charge in [0.2, 0.25) is 5.95 Å². The maximum absolute atomic E-state index is 12.7. The van der Waals surface area contributed by atoms with Gasteiger partial charge in [0, 0.05) is 12.0 Å². The van der Waals surface area contributed by atoms with Crippen molar-refractivity contribution in [2.75, 3.05) is 11.9 Å². The van der Waals surface area contributed by atoms with E-state index in [0.29, 0.717) is 23.6 Å². The molecule has 3 rings (SSSR count). The number of nitrogens with one attached hydrogen (secondary N) is 2. The Hall–Kier alpha value is -3.01. The number of nitriles is 1. The summed E-state index contributed by atoms with van der Waals surface area (Å²) in [6, 6.07) is 12.6. The van der Waals surface area contributed by atoms with E-state index in [0.717, 1.165) is 23.2 Å². The molecule has 0 aliphatic heterocycles. The number of aromatic amines is 1. The second kappa shape index (κ2) is 6.37. The smallest absolute Gasteiger partial charge is 0.355 e. The average molecular weight is 358 g/mol. The number of aromatic nitrogens is 2. The molecule has 3 aromatic rings. The third kappa shape index (κ3) is 3.49. The number of rotatable bonds is 4. The molecule has 134 valence electrons. The van der Waals surface area contributed by atoms with Gasteiger partial charge in [-0.25, -0.2) is 4.98 Å². The van der Waals surface area contributed by atoms with Crippen LogP contribution in [0.1, 0.15) is 30.5 Å². The Bertz CT molecular complexity index is 963. The maximum atomic E-state index is 12.7. The molecule has 0 bridgehead atoms. The monoisotopic (exact) mass is 358 g/mol. The van der Waals surface area contributed by atoms with Crippen LogP contribution < -0.4 is 5.32 Å². The molecular formula is C19H17F3N4. The lowest BCUT2D eigenvalue weighted by Gasteiger charge is -2.26. The second-order valence-electron chi connectivity index (χ2n) is 6.71. The van der Waals surface area contributed by atoms with E-state index >= 15 is 0 Å². The van der Waals surface area contributed by atoms with Crippen LogP contribution in [-0.4, -0.2) is 16.5 Å². The SMILES string of the molecule is CC(C)(CNc1nc2c(C#N)cccc2[nH]1)c1ccc(C(F)(F)F)cc1. The quantitative estimate of drug-likeness (QED) is 0.701. The summed E-state index contributed by atoms with van der Waals surface area (Å²) in [7, 11) is 0. The van der Waals surface area contributed by atoms with Crippen molar-refractivity contribution in [3.63, 3.8) is 0 Å². The first kappa shape index (κ1) is 17.8. The number of halogens is 3. The highest BCUT2D eigenvalue weighted by molar-refractivity contribution is 5.83. The molecule has 0 saturated carbocycles. The predicted molar refractivity (Wildman–Crippen MR) is 93.8 cm³/mol. The Balaban J connectivity index is 1.77. The molecule has 2 N–H and O–H groups in total. The third-order valence-electron chi connectivity index (χ3n) is 4.32. The molecule has 1 heterocycles. The molecule has 0 aliphatic rings. The molecule has 0 radical (unpaired) electrons. The van der Waals surface area contributed by atoms with Gasteiger partial charge in [0.15, 0.2) is 0 Å². The van der Waals surface area contributed by atoms with Gasteiger partial charge in [-0.15, -0.1) is 0 Å². The van der Waals surface area contributed by atoms with E-state index < -0.39 is 17.2 Å². The summed E-state index contributed by atoms with van der Waals surface area (Å²) in [6.45, 7) is 4.33. The van der Waals surface area contributed by atoms with Crippen molar-refractivity contribution in [3.8, 4) is 6.07 Å². The molecule has 2 aromatic carbocycles. The molecule has 0 saturated heterocycles. The first-order chi connectivity index (χ1) is 12.2. The van der Waals surface area contributed by atoms with E-state index in [1.807, 2.05) is 19.9 Å². The summed E-state index contributed by atoms with van der Waals surface area (Å²) in [5.74, 6) is 0.516. The summed E-state index contributed by atoms with van der Waals surface area (Å²) >= 11 is 0. The average Bonchev–Trinajstić information content (AvgIpc) is 3.02. The van der Waals surface area contributed by atoms with Crippen LogP contribution in [0.25, 0.3) is 11.0 Å². The van der Waals surface area contributed by atoms with Crippen LogP contribution in [0.15, 0.2) is 42.5 Å². The van der Waals surface area contributed by atoms with Gasteiger partial charge in [-0.1, -0.05) is 32.0 Å². The van der Waals surface area contributed by atoms with Crippen LogP contribution in [0.4, 0.5) is 19.1 Å². The highest BCUT2D eigenvalue weighted by atomic mass is 19.4. The zero-order valence-corrected chi connectivity index (χ0v) is 14.3. The molecule has 0 unspecified atom stereocenters. The van der Waals surface area contributed by atoms with Crippen molar-refractivity contribution in [3.05, 3.63) is 59.2 Å². The van der Waals surface area contributed by atoms with Gasteiger partial charge in [0.05, 0.1) is 16.6 Å². The molecular weight excluding hydrogens is 341 g/mol. The summed E-state index contributed by atoms with van der Waals surface area (Å²) in [5.41, 5.74) is 1.52. The van der Waals surface area contributed by atoms with E-state index in [1.165, 1.54) is 12.1 Å². The number of anilines is 1. The largest absolute Gasteiger partial charge is 0.416 e. The topological polar surface area (TPSA) is 64.5 Å². The van der Waals surface area contributed by atoms with Crippen molar-refractivity contribution >= 4 is 17.0 Å². The lowest BCUT2D eigenvalue weighted by atomic mass is 9.84.